The van der Waals surface area contributed by atoms with E-state index >= 15 is 0 Å². The Morgan fingerprint density at radius 1 is 1.06 bits per heavy atom. The number of amides is 1. The molecule has 170 valence electrons. The quantitative estimate of drug-likeness (QED) is 0.287. The van der Waals surface area contributed by atoms with Crippen LogP contribution in [0.4, 0.5) is 18.9 Å². The molecule has 0 fully saturated rings. The first-order chi connectivity index (χ1) is 15.7. The first-order valence-corrected chi connectivity index (χ1v) is 11.5. The molecule has 0 unspecified atom stereocenters. The fraction of sp³-hybridized carbons (Fsp3) is 0.160. The van der Waals surface area contributed by atoms with Gasteiger partial charge in [-0.15, -0.1) is 11.8 Å². The van der Waals surface area contributed by atoms with Gasteiger partial charge in [0.1, 0.15) is 0 Å². The van der Waals surface area contributed by atoms with E-state index in [1.54, 1.807) is 0 Å². The summed E-state index contributed by atoms with van der Waals surface area (Å²) < 4.78 is 41.1. The van der Waals surface area contributed by atoms with Gasteiger partial charge in [0.05, 0.1) is 22.0 Å². The maximum atomic E-state index is 13.0. The van der Waals surface area contributed by atoms with Crippen molar-refractivity contribution in [1.82, 2.24) is 4.57 Å². The third kappa shape index (κ3) is 5.54. The number of aromatic nitrogens is 1. The Balaban J connectivity index is 1.50. The van der Waals surface area contributed by atoms with E-state index in [0.29, 0.717) is 6.54 Å². The molecule has 0 radical (unpaired) electrons. The molecule has 8 heteroatoms. The zero-order chi connectivity index (χ0) is 23.6. The van der Waals surface area contributed by atoms with Crippen molar-refractivity contribution >= 4 is 45.9 Å². The van der Waals surface area contributed by atoms with Crippen molar-refractivity contribution in [2.24, 2.45) is 0 Å². The van der Waals surface area contributed by atoms with E-state index < -0.39 is 17.6 Å². The second kappa shape index (κ2) is 9.53. The molecule has 0 aliphatic heterocycles. The molecule has 3 aromatic carbocycles. The van der Waals surface area contributed by atoms with E-state index in [0.717, 1.165) is 34.0 Å². The number of thioether (sulfide) groups is 1. The van der Waals surface area contributed by atoms with Gasteiger partial charge in [-0.2, -0.15) is 13.2 Å². The topological polar surface area (TPSA) is 34.0 Å². The van der Waals surface area contributed by atoms with Gasteiger partial charge in [-0.1, -0.05) is 59.6 Å². The summed E-state index contributed by atoms with van der Waals surface area (Å²) in [5, 5.41) is 3.56. The maximum absolute atomic E-state index is 13.0. The van der Waals surface area contributed by atoms with Crippen molar-refractivity contribution in [2.45, 2.75) is 24.5 Å². The predicted octanol–water partition coefficient (Wildman–Crippen LogP) is 7.40. The SMILES string of the molecule is Cc1cccc(Cn2cc(SCC(=O)Nc3cc(C(F)(F)F)ccc3Cl)c3ccccc32)c1. The molecular formula is C25H20ClF3N2OS. The van der Waals surface area contributed by atoms with Crippen molar-refractivity contribution in [2.75, 3.05) is 11.1 Å². The molecule has 4 aromatic rings. The summed E-state index contributed by atoms with van der Waals surface area (Å²) in [5.41, 5.74) is 2.48. The van der Waals surface area contributed by atoms with E-state index in [4.69, 9.17) is 11.6 Å². The molecule has 0 spiro atoms. The summed E-state index contributed by atoms with van der Waals surface area (Å²) in [6.45, 7) is 2.74. The van der Waals surface area contributed by atoms with Gasteiger partial charge in [0.2, 0.25) is 5.91 Å². The van der Waals surface area contributed by atoms with E-state index in [-0.39, 0.29) is 16.5 Å². The van der Waals surface area contributed by atoms with E-state index in [1.807, 2.05) is 49.5 Å². The highest BCUT2D eigenvalue weighted by molar-refractivity contribution is 8.00. The van der Waals surface area contributed by atoms with Gasteiger partial charge in [0.25, 0.3) is 0 Å². The van der Waals surface area contributed by atoms with Gasteiger partial charge in [-0.05, 0) is 36.8 Å². The summed E-state index contributed by atoms with van der Waals surface area (Å²) in [6.07, 6.45) is -2.51. The second-order valence-electron chi connectivity index (χ2n) is 7.66. The van der Waals surface area contributed by atoms with Crippen LogP contribution in [0.3, 0.4) is 0 Å². The third-order valence-corrected chi connectivity index (χ3v) is 6.49. The number of hydrogen-bond donors (Lipinski definition) is 1. The molecule has 1 amide bonds. The minimum atomic E-state index is -4.52. The van der Waals surface area contributed by atoms with Crippen LogP contribution in [0.2, 0.25) is 5.02 Å². The van der Waals surface area contributed by atoms with Gasteiger partial charge >= 0.3 is 6.18 Å². The van der Waals surface area contributed by atoms with Crippen molar-refractivity contribution in [3.8, 4) is 0 Å². The van der Waals surface area contributed by atoms with Gasteiger partial charge in [-0.25, -0.2) is 0 Å². The molecule has 0 saturated heterocycles. The van der Waals surface area contributed by atoms with E-state index in [2.05, 4.69) is 22.0 Å². The number of nitrogens with one attached hydrogen (secondary N) is 1. The number of alkyl halides is 3. The number of halogens is 4. The minimum Gasteiger partial charge on any atom is -0.342 e. The molecule has 1 N–H and O–H groups in total. The fourth-order valence-corrected chi connectivity index (χ4v) is 4.65. The third-order valence-electron chi connectivity index (χ3n) is 5.11. The largest absolute Gasteiger partial charge is 0.416 e. The minimum absolute atomic E-state index is 0.0328. The van der Waals surface area contributed by atoms with Crippen molar-refractivity contribution in [3.63, 3.8) is 0 Å². The highest BCUT2D eigenvalue weighted by atomic mass is 35.5. The van der Waals surface area contributed by atoms with Crippen LogP contribution in [0.1, 0.15) is 16.7 Å². The van der Waals surface area contributed by atoms with Crippen molar-refractivity contribution < 1.29 is 18.0 Å². The van der Waals surface area contributed by atoms with Crippen molar-refractivity contribution in [3.05, 3.63) is 94.6 Å². The van der Waals surface area contributed by atoms with Gasteiger partial charge in [0.15, 0.2) is 0 Å². The summed E-state index contributed by atoms with van der Waals surface area (Å²) in [5.74, 6) is -0.401. The molecule has 0 bridgehead atoms. The maximum Gasteiger partial charge on any atom is 0.416 e. The highest BCUT2D eigenvalue weighted by Gasteiger charge is 2.31. The number of para-hydroxylation sites is 1. The molecule has 4 rings (SSSR count). The van der Waals surface area contributed by atoms with Gasteiger partial charge in [0, 0.05) is 28.5 Å². The number of anilines is 1. The summed E-state index contributed by atoms with van der Waals surface area (Å²) in [6, 6.07) is 19.1. The molecule has 3 nitrogen and oxygen atoms in total. The zero-order valence-corrected chi connectivity index (χ0v) is 19.2. The number of carbonyl (C=O) groups is 1. The molecule has 0 aliphatic rings. The van der Waals surface area contributed by atoms with Crippen LogP contribution < -0.4 is 5.32 Å². The Labute approximate surface area is 198 Å². The molecule has 0 atom stereocenters. The average molecular weight is 489 g/mol. The monoisotopic (exact) mass is 488 g/mol. The van der Waals surface area contributed by atoms with Crippen molar-refractivity contribution in [1.29, 1.82) is 0 Å². The molecule has 0 aliphatic carbocycles. The van der Waals surface area contributed by atoms with Gasteiger partial charge in [-0.3, -0.25) is 4.79 Å². The lowest BCUT2D eigenvalue weighted by Gasteiger charge is -2.11. The van der Waals surface area contributed by atoms with Crippen LogP contribution in [-0.2, 0) is 17.5 Å². The number of rotatable bonds is 6. The fourth-order valence-electron chi connectivity index (χ4n) is 3.59. The number of benzene rings is 3. The lowest BCUT2D eigenvalue weighted by Crippen LogP contribution is -2.15. The molecule has 0 saturated carbocycles. The Kier molecular flexibility index (Phi) is 6.72. The Morgan fingerprint density at radius 3 is 2.61 bits per heavy atom. The van der Waals surface area contributed by atoms with Crippen LogP contribution >= 0.6 is 23.4 Å². The summed E-state index contributed by atoms with van der Waals surface area (Å²) >= 11 is 7.31. The number of fused-ring (bicyclic) bond motifs is 1. The molecule has 1 aromatic heterocycles. The standard InChI is InChI=1S/C25H20ClF3N2OS/c1-16-5-4-6-17(11-16)13-31-14-23(19-7-2-3-8-22(19)31)33-15-24(32)30-21-12-18(25(27,28)29)9-10-20(21)26/h2-12,14H,13,15H2,1H3,(H,30,32). The number of carbonyl (C=O) groups excluding carboxylic acids is 1. The van der Waals surface area contributed by atoms with Crippen LogP contribution in [-0.4, -0.2) is 16.2 Å². The second-order valence-corrected chi connectivity index (χ2v) is 9.08. The number of hydrogen-bond acceptors (Lipinski definition) is 2. The lowest BCUT2D eigenvalue weighted by atomic mass is 10.1. The molecular weight excluding hydrogens is 469 g/mol. The Morgan fingerprint density at radius 2 is 1.85 bits per heavy atom. The Bertz CT molecular complexity index is 1320. The Hall–Kier alpha value is -2.90. The van der Waals surface area contributed by atoms with Crippen LogP contribution in [0.5, 0.6) is 0 Å². The van der Waals surface area contributed by atoms with E-state index in [1.165, 1.54) is 22.9 Å². The predicted molar refractivity (Wildman–Crippen MR) is 128 cm³/mol. The first-order valence-electron chi connectivity index (χ1n) is 10.1. The molecule has 33 heavy (non-hydrogen) atoms. The number of nitrogens with zero attached hydrogens (tertiary/aromatic N) is 1. The normalized spacial score (nSPS) is 11.7. The van der Waals surface area contributed by atoms with Gasteiger partial charge < -0.3 is 9.88 Å². The van der Waals surface area contributed by atoms with E-state index in [9.17, 15) is 18.0 Å². The highest BCUT2D eigenvalue weighted by Crippen LogP contribution is 2.34. The smallest absolute Gasteiger partial charge is 0.342 e. The lowest BCUT2D eigenvalue weighted by molar-refractivity contribution is -0.137. The van der Waals surface area contributed by atoms with Crippen LogP contribution in [0, 0.1) is 6.92 Å². The van der Waals surface area contributed by atoms with Crippen LogP contribution in [0.15, 0.2) is 77.8 Å². The average Bonchev–Trinajstić information content (AvgIpc) is 3.11. The summed E-state index contributed by atoms with van der Waals surface area (Å²) in [7, 11) is 0. The van der Waals surface area contributed by atoms with Crippen LogP contribution in [0.25, 0.3) is 10.9 Å². The first kappa shape index (κ1) is 23.3. The molecule has 1 heterocycles. The summed E-state index contributed by atoms with van der Waals surface area (Å²) in [4.78, 5) is 13.4. The zero-order valence-electron chi connectivity index (χ0n) is 17.6. The number of aryl methyl sites for hydroxylation is 1.